The van der Waals surface area contributed by atoms with E-state index in [9.17, 15) is 9.90 Å². The van der Waals surface area contributed by atoms with E-state index in [2.05, 4.69) is 11.4 Å². The second-order valence-electron chi connectivity index (χ2n) is 6.90. The van der Waals surface area contributed by atoms with Gasteiger partial charge in [0, 0.05) is 4.90 Å². The molecule has 2 N–H and O–H groups in total. The van der Waals surface area contributed by atoms with Crippen LogP contribution < -0.4 is 5.32 Å². The SMILES string of the molecule is N#Cc1cccc(C(O)C(Cl)(Cl)Cl)c1.N#Cc1cccc(C2Sc3ccccc3NC2=O)c1. The highest BCUT2D eigenvalue weighted by Gasteiger charge is 2.32. The number of benzene rings is 3. The van der Waals surface area contributed by atoms with Gasteiger partial charge in [0.2, 0.25) is 9.70 Å². The monoisotopic (exact) mass is 515 g/mol. The van der Waals surface area contributed by atoms with E-state index in [1.807, 2.05) is 42.5 Å². The number of alkyl halides is 3. The summed E-state index contributed by atoms with van der Waals surface area (Å²) in [6.07, 6.45) is -1.24. The van der Waals surface area contributed by atoms with Gasteiger partial charge in [0.15, 0.2) is 0 Å². The van der Waals surface area contributed by atoms with Crippen molar-refractivity contribution in [3.63, 3.8) is 0 Å². The molecule has 0 bridgehead atoms. The second-order valence-corrected chi connectivity index (χ2v) is 10.4. The van der Waals surface area contributed by atoms with Gasteiger partial charge in [-0.05, 0) is 47.5 Å². The number of para-hydroxylation sites is 1. The normalized spacial score (nSPS) is 15.6. The number of anilines is 1. The van der Waals surface area contributed by atoms with Crippen molar-refractivity contribution >= 4 is 58.2 Å². The van der Waals surface area contributed by atoms with Crippen LogP contribution in [0.3, 0.4) is 0 Å². The minimum Gasteiger partial charge on any atom is -0.384 e. The summed E-state index contributed by atoms with van der Waals surface area (Å²) in [4.78, 5) is 13.2. The van der Waals surface area contributed by atoms with Crippen LogP contribution in [0.2, 0.25) is 0 Å². The van der Waals surface area contributed by atoms with Gasteiger partial charge < -0.3 is 10.4 Å². The number of hydrogen-bond donors (Lipinski definition) is 2. The van der Waals surface area contributed by atoms with Gasteiger partial charge in [-0.25, -0.2) is 0 Å². The maximum absolute atomic E-state index is 12.1. The molecule has 1 amide bonds. The van der Waals surface area contributed by atoms with Gasteiger partial charge in [0.25, 0.3) is 0 Å². The van der Waals surface area contributed by atoms with Crippen molar-refractivity contribution in [3.8, 4) is 12.1 Å². The van der Waals surface area contributed by atoms with E-state index < -0.39 is 9.90 Å². The highest BCUT2D eigenvalue weighted by atomic mass is 35.6. The van der Waals surface area contributed by atoms with E-state index in [0.29, 0.717) is 16.7 Å². The summed E-state index contributed by atoms with van der Waals surface area (Å²) in [5.41, 5.74) is 3.10. The molecule has 9 heteroatoms. The smallest absolute Gasteiger partial charge is 0.242 e. The summed E-state index contributed by atoms with van der Waals surface area (Å²) in [6.45, 7) is 0. The predicted octanol–water partition coefficient (Wildman–Crippen LogP) is 6.31. The summed E-state index contributed by atoms with van der Waals surface area (Å²) in [6, 6.07) is 25.3. The average Bonchev–Trinajstić information content (AvgIpc) is 2.83. The van der Waals surface area contributed by atoms with Crippen LogP contribution in [-0.2, 0) is 4.79 Å². The van der Waals surface area contributed by atoms with Crippen molar-refractivity contribution in [2.75, 3.05) is 5.32 Å². The minimum atomic E-state index is -1.78. The Morgan fingerprint density at radius 3 is 2.24 bits per heavy atom. The summed E-state index contributed by atoms with van der Waals surface area (Å²) < 4.78 is -1.78. The van der Waals surface area contributed by atoms with E-state index in [0.717, 1.165) is 16.1 Å². The Kier molecular flexibility index (Phi) is 8.26. The van der Waals surface area contributed by atoms with Gasteiger partial charge >= 0.3 is 0 Å². The molecule has 0 aliphatic carbocycles. The number of thioether (sulfide) groups is 1. The molecule has 0 aromatic heterocycles. The molecule has 0 saturated carbocycles. The molecule has 0 fully saturated rings. The van der Waals surface area contributed by atoms with E-state index in [-0.39, 0.29) is 11.2 Å². The summed E-state index contributed by atoms with van der Waals surface area (Å²) in [7, 11) is 0. The van der Waals surface area contributed by atoms with Crippen molar-refractivity contribution in [3.05, 3.63) is 95.1 Å². The third kappa shape index (κ3) is 6.42. The molecule has 1 aliphatic rings. The minimum absolute atomic E-state index is 0.0428. The fourth-order valence-electron chi connectivity index (χ4n) is 3.01. The zero-order valence-electron chi connectivity index (χ0n) is 16.9. The first-order valence-corrected chi connectivity index (χ1v) is 11.6. The predicted molar refractivity (Wildman–Crippen MR) is 131 cm³/mol. The molecule has 2 unspecified atom stereocenters. The van der Waals surface area contributed by atoms with Gasteiger partial charge in [-0.3, -0.25) is 4.79 Å². The van der Waals surface area contributed by atoms with Crippen LogP contribution in [0, 0.1) is 22.7 Å². The van der Waals surface area contributed by atoms with Gasteiger partial charge in [-0.1, -0.05) is 71.2 Å². The van der Waals surface area contributed by atoms with Crippen molar-refractivity contribution in [1.29, 1.82) is 10.5 Å². The van der Waals surface area contributed by atoms with Gasteiger partial charge in [-0.15, -0.1) is 11.8 Å². The van der Waals surface area contributed by atoms with E-state index in [4.69, 9.17) is 45.3 Å². The highest BCUT2D eigenvalue weighted by Crippen LogP contribution is 2.43. The van der Waals surface area contributed by atoms with Crippen LogP contribution in [0.5, 0.6) is 0 Å². The number of fused-ring (bicyclic) bond motifs is 1. The Labute approximate surface area is 210 Å². The molecule has 3 aromatic rings. The van der Waals surface area contributed by atoms with Crippen molar-refractivity contribution in [1.82, 2.24) is 0 Å². The van der Waals surface area contributed by atoms with Crippen molar-refractivity contribution < 1.29 is 9.90 Å². The molecule has 0 radical (unpaired) electrons. The third-order valence-electron chi connectivity index (χ3n) is 4.59. The Balaban J connectivity index is 0.000000196. The molecular formula is C24H16Cl3N3O2S. The number of rotatable bonds is 2. The first-order chi connectivity index (χ1) is 15.7. The van der Waals surface area contributed by atoms with Gasteiger partial charge in [0.1, 0.15) is 11.4 Å². The highest BCUT2D eigenvalue weighted by molar-refractivity contribution is 8.00. The number of hydrogen-bond acceptors (Lipinski definition) is 5. The number of nitrogens with one attached hydrogen (secondary N) is 1. The average molecular weight is 517 g/mol. The Morgan fingerprint density at radius 1 is 0.939 bits per heavy atom. The first kappa shape index (κ1) is 24.9. The zero-order valence-corrected chi connectivity index (χ0v) is 20.0. The number of carbonyl (C=O) groups is 1. The largest absolute Gasteiger partial charge is 0.384 e. The Morgan fingerprint density at radius 2 is 1.58 bits per heavy atom. The fraction of sp³-hybridized carbons (Fsp3) is 0.125. The van der Waals surface area contributed by atoms with Crippen molar-refractivity contribution in [2.24, 2.45) is 0 Å². The molecule has 4 rings (SSSR count). The maximum Gasteiger partial charge on any atom is 0.242 e. The number of amides is 1. The topological polar surface area (TPSA) is 96.9 Å². The molecule has 1 heterocycles. The zero-order chi connectivity index (χ0) is 24.0. The first-order valence-electron chi connectivity index (χ1n) is 9.54. The maximum atomic E-state index is 12.1. The number of nitrogens with zero attached hydrogens (tertiary/aromatic N) is 2. The quantitative estimate of drug-likeness (QED) is 0.389. The van der Waals surface area contributed by atoms with Crippen LogP contribution >= 0.6 is 46.6 Å². The Bertz CT molecular complexity index is 1250. The lowest BCUT2D eigenvalue weighted by Crippen LogP contribution is -2.23. The van der Waals surface area contributed by atoms with Crippen molar-refractivity contribution in [2.45, 2.75) is 20.0 Å². The molecule has 0 spiro atoms. The summed E-state index contributed by atoms with van der Waals surface area (Å²) >= 11 is 18.1. The van der Waals surface area contributed by atoms with E-state index in [1.54, 1.807) is 30.3 Å². The lowest BCUT2D eigenvalue weighted by molar-refractivity contribution is -0.115. The number of aliphatic hydroxyl groups excluding tert-OH is 1. The molecule has 166 valence electrons. The van der Waals surface area contributed by atoms with Crippen LogP contribution in [0.15, 0.2) is 77.7 Å². The van der Waals surface area contributed by atoms with Gasteiger partial charge in [-0.2, -0.15) is 10.5 Å². The van der Waals surface area contributed by atoms with E-state index in [1.165, 1.54) is 17.8 Å². The second kappa shape index (κ2) is 10.9. The molecule has 5 nitrogen and oxygen atoms in total. The summed E-state index contributed by atoms with van der Waals surface area (Å²) in [5.74, 6) is -0.0428. The number of nitriles is 2. The number of carbonyl (C=O) groups excluding carboxylic acids is 1. The standard InChI is InChI=1S/C15H10N2OS.C9H6Cl3NO/c16-9-10-4-3-5-11(8-10)14-15(18)17-12-6-1-2-7-13(12)19-14;10-9(11,12)8(14)7-3-1-2-6(4-7)5-13/h1-8,14H,(H,17,18);1-4,8,14H. The number of halogens is 3. The molecule has 1 aliphatic heterocycles. The fourth-order valence-corrected chi connectivity index (χ4v) is 4.49. The van der Waals surface area contributed by atoms with Crippen LogP contribution in [0.1, 0.15) is 33.6 Å². The Hall–Kier alpha value is -2.71. The van der Waals surface area contributed by atoms with Crippen LogP contribution in [-0.4, -0.2) is 14.8 Å². The lowest BCUT2D eigenvalue weighted by atomic mass is 10.1. The molecule has 33 heavy (non-hydrogen) atoms. The third-order valence-corrected chi connectivity index (χ3v) is 6.54. The molecular weight excluding hydrogens is 501 g/mol. The van der Waals surface area contributed by atoms with Crippen LogP contribution in [0.25, 0.3) is 0 Å². The lowest BCUT2D eigenvalue weighted by Gasteiger charge is -2.24. The van der Waals surface area contributed by atoms with Crippen LogP contribution in [0.4, 0.5) is 5.69 Å². The molecule has 3 aromatic carbocycles. The van der Waals surface area contributed by atoms with Gasteiger partial charge in [0.05, 0.1) is 29.0 Å². The number of aliphatic hydroxyl groups is 1. The molecule has 0 saturated heterocycles. The molecule has 2 atom stereocenters. The summed E-state index contributed by atoms with van der Waals surface area (Å²) in [5, 5.41) is 29.7. The van der Waals surface area contributed by atoms with E-state index >= 15 is 0 Å².